The highest BCUT2D eigenvalue weighted by atomic mass is 35.5. The molecule has 0 atom stereocenters. The average Bonchev–Trinajstić information content (AvgIpc) is 2.28. The lowest BCUT2D eigenvalue weighted by Gasteiger charge is -2.03. The zero-order valence-electron chi connectivity index (χ0n) is 8.64. The van der Waals surface area contributed by atoms with Crippen LogP contribution in [-0.2, 0) is 4.74 Å². The standard InChI is InChI=1S/C11H10N2O2.ClH/c1-15-11(14)7-2-3-8-5-13-6-10(12)9(8)4-7;/h2-6H,12H2,1H3;1H. The minimum atomic E-state index is -0.367. The van der Waals surface area contributed by atoms with Gasteiger partial charge in [0.25, 0.3) is 0 Å². The van der Waals surface area contributed by atoms with Crippen molar-refractivity contribution in [1.82, 2.24) is 4.98 Å². The molecule has 0 spiro atoms. The summed E-state index contributed by atoms with van der Waals surface area (Å²) < 4.78 is 4.63. The molecular formula is C11H11ClN2O2. The smallest absolute Gasteiger partial charge is 0.337 e. The number of nitrogen functional groups attached to an aromatic ring is 1. The van der Waals surface area contributed by atoms with Crippen LogP contribution in [0.4, 0.5) is 5.69 Å². The molecule has 0 unspecified atom stereocenters. The third kappa shape index (κ3) is 2.06. The Bertz CT molecular complexity index is 528. The maximum absolute atomic E-state index is 11.3. The highest BCUT2D eigenvalue weighted by Crippen LogP contribution is 2.20. The number of esters is 1. The molecule has 0 aliphatic heterocycles. The Morgan fingerprint density at radius 1 is 1.38 bits per heavy atom. The number of fused-ring (bicyclic) bond motifs is 1. The van der Waals surface area contributed by atoms with E-state index in [0.29, 0.717) is 11.3 Å². The van der Waals surface area contributed by atoms with E-state index in [-0.39, 0.29) is 18.4 Å². The first-order chi connectivity index (χ1) is 7.22. The SMILES string of the molecule is COC(=O)c1ccc2cncc(N)c2c1.Cl. The zero-order chi connectivity index (χ0) is 10.8. The van der Waals surface area contributed by atoms with Crippen LogP contribution in [0.1, 0.15) is 10.4 Å². The third-order valence-electron chi connectivity index (χ3n) is 2.21. The molecule has 2 N–H and O–H groups in total. The van der Waals surface area contributed by atoms with Crippen molar-refractivity contribution in [1.29, 1.82) is 0 Å². The summed E-state index contributed by atoms with van der Waals surface area (Å²) in [5.41, 5.74) is 6.79. The van der Waals surface area contributed by atoms with Gasteiger partial charge < -0.3 is 10.5 Å². The summed E-state index contributed by atoms with van der Waals surface area (Å²) in [6, 6.07) is 5.19. The molecule has 16 heavy (non-hydrogen) atoms. The van der Waals surface area contributed by atoms with Crippen LogP contribution in [-0.4, -0.2) is 18.1 Å². The number of nitrogens with zero attached hydrogens (tertiary/aromatic N) is 1. The Kier molecular flexibility index (Phi) is 3.68. The first-order valence-electron chi connectivity index (χ1n) is 4.44. The van der Waals surface area contributed by atoms with E-state index >= 15 is 0 Å². The van der Waals surface area contributed by atoms with E-state index in [0.717, 1.165) is 10.8 Å². The van der Waals surface area contributed by atoms with Gasteiger partial charge in [-0.2, -0.15) is 0 Å². The second kappa shape index (κ2) is 4.81. The summed E-state index contributed by atoms with van der Waals surface area (Å²) in [6.45, 7) is 0. The summed E-state index contributed by atoms with van der Waals surface area (Å²) in [5, 5.41) is 1.72. The van der Waals surface area contributed by atoms with Crippen LogP contribution < -0.4 is 5.73 Å². The molecule has 5 heteroatoms. The Morgan fingerprint density at radius 2 is 2.12 bits per heavy atom. The first kappa shape index (κ1) is 12.3. The largest absolute Gasteiger partial charge is 0.465 e. The van der Waals surface area contributed by atoms with Gasteiger partial charge in [0.1, 0.15) is 0 Å². The number of aromatic nitrogens is 1. The number of anilines is 1. The molecule has 1 heterocycles. The number of halogens is 1. The van der Waals surface area contributed by atoms with Crippen molar-refractivity contribution in [3.63, 3.8) is 0 Å². The molecule has 0 aliphatic carbocycles. The van der Waals surface area contributed by atoms with Crippen molar-refractivity contribution >= 4 is 34.8 Å². The van der Waals surface area contributed by atoms with E-state index in [1.165, 1.54) is 7.11 Å². The minimum absolute atomic E-state index is 0. The lowest BCUT2D eigenvalue weighted by molar-refractivity contribution is 0.0601. The highest BCUT2D eigenvalue weighted by Gasteiger charge is 2.06. The van der Waals surface area contributed by atoms with E-state index < -0.39 is 0 Å². The Labute approximate surface area is 98.8 Å². The summed E-state index contributed by atoms with van der Waals surface area (Å²) in [5.74, 6) is -0.367. The van der Waals surface area contributed by atoms with Gasteiger partial charge in [0.05, 0.1) is 24.6 Å². The van der Waals surface area contributed by atoms with Gasteiger partial charge in [-0.05, 0) is 12.1 Å². The number of ether oxygens (including phenoxy) is 1. The molecule has 2 rings (SSSR count). The maximum atomic E-state index is 11.3. The second-order valence-electron chi connectivity index (χ2n) is 3.16. The van der Waals surface area contributed by atoms with Gasteiger partial charge >= 0.3 is 5.97 Å². The molecule has 0 bridgehead atoms. The summed E-state index contributed by atoms with van der Waals surface area (Å²) in [6.07, 6.45) is 3.26. The molecule has 0 amide bonds. The average molecular weight is 239 g/mol. The predicted molar refractivity (Wildman–Crippen MR) is 64.7 cm³/mol. The van der Waals surface area contributed by atoms with Crippen LogP contribution >= 0.6 is 12.4 Å². The van der Waals surface area contributed by atoms with E-state index in [4.69, 9.17) is 5.73 Å². The molecular weight excluding hydrogens is 228 g/mol. The second-order valence-corrected chi connectivity index (χ2v) is 3.16. The molecule has 1 aromatic carbocycles. The van der Waals surface area contributed by atoms with Gasteiger partial charge in [0.15, 0.2) is 0 Å². The molecule has 0 aliphatic rings. The minimum Gasteiger partial charge on any atom is -0.465 e. The normalized spacial score (nSPS) is 9.56. The van der Waals surface area contributed by atoms with Crippen molar-refractivity contribution in [3.8, 4) is 0 Å². The third-order valence-corrected chi connectivity index (χ3v) is 2.21. The summed E-state index contributed by atoms with van der Waals surface area (Å²) in [7, 11) is 1.35. The van der Waals surface area contributed by atoms with Crippen LogP contribution in [0, 0.1) is 0 Å². The van der Waals surface area contributed by atoms with Crippen molar-refractivity contribution in [3.05, 3.63) is 36.2 Å². The molecule has 0 fully saturated rings. The van der Waals surface area contributed by atoms with Gasteiger partial charge in [0, 0.05) is 17.0 Å². The van der Waals surface area contributed by atoms with E-state index in [1.807, 2.05) is 0 Å². The Hall–Kier alpha value is -1.81. The predicted octanol–water partition coefficient (Wildman–Crippen LogP) is 2.03. The van der Waals surface area contributed by atoms with Crippen molar-refractivity contribution in [2.24, 2.45) is 0 Å². The van der Waals surface area contributed by atoms with Crippen molar-refractivity contribution < 1.29 is 9.53 Å². The molecule has 2 aromatic rings. The van der Waals surface area contributed by atoms with Crippen LogP contribution in [0.5, 0.6) is 0 Å². The number of carbonyl (C=O) groups excluding carboxylic acids is 1. The Balaban J connectivity index is 0.00000128. The number of benzene rings is 1. The fourth-order valence-electron chi connectivity index (χ4n) is 1.43. The van der Waals surface area contributed by atoms with E-state index in [2.05, 4.69) is 9.72 Å². The van der Waals surface area contributed by atoms with Crippen molar-refractivity contribution in [2.75, 3.05) is 12.8 Å². The molecule has 4 nitrogen and oxygen atoms in total. The number of pyridine rings is 1. The fourth-order valence-corrected chi connectivity index (χ4v) is 1.43. The van der Waals surface area contributed by atoms with Crippen LogP contribution in [0.15, 0.2) is 30.6 Å². The lowest BCUT2D eigenvalue weighted by atomic mass is 10.1. The molecule has 0 radical (unpaired) electrons. The lowest BCUT2D eigenvalue weighted by Crippen LogP contribution is -2.01. The number of carbonyl (C=O) groups is 1. The van der Waals surface area contributed by atoms with Crippen LogP contribution in [0.3, 0.4) is 0 Å². The van der Waals surface area contributed by atoms with Gasteiger partial charge in [0.2, 0.25) is 0 Å². The van der Waals surface area contributed by atoms with Crippen LogP contribution in [0.2, 0.25) is 0 Å². The van der Waals surface area contributed by atoms with Gasteiger partial charge in [-0.15, -0.1) is 12.4 Å². The van der Waals surface area contributed by atoms with Gasteiger partial charge in [-0.3, -0.25) is 4.98 Å². The van der Waals surface area contributed by atoms with E-state index in [1.54, 1.807) is 30.6 Å². The van der Waals surface area contributed by atoms with Gasteiger partial charge in [-0.1, -0.05) is 6.07 Å². The Morgan fingerprint density at radius 3 is 2.81 bits per heavy atom. The highest BCUT2D eigenvalue weighted by molar-refractivity contribution is 5.99. The number of nitrogens with two attached hydrogens (primary N) is 1. The summed E-state index contributed by atoms with van der Waals surface area (Å²) >= 11 is 0. The topological polar surface area (TPSA) is 65.2 Å². The number of hydrogen-bond acceptors (Lipinski definition) is 4. The number of hydrogen-bond donors (Lipinski definition) is 1. The molecule has 0 saturated carbocycles. The number of rotatable bonds is 1. The fraction of sp³-hybridized carbons (Fsp3) is 0.0909. The number of methoxy groups -OCH3 is 1. The van der Waals surface area contributed by atoms with Crippen LogP contribution in [0.25, 0.3) is 10.8 Å². The van der Waals surface area contributed by atoms with Crippen molar-refractivity contribution in [2.45, 2.75) is 0 Å². The van der Waals surface area contributed by atoms with E-state index in [9.17, 15) is 4.79 Å². The molecule has 84 valence electrons. The molecule has 1 aromatic heterocycles. The monoisotopic (exact) mass is 238 g/mol. The maximum Gasteiger partial charge on any atom is 0.337 e. The first-order valence-corrected chi connectivity index (χ1v) is 4.44. The van der Waals surface area contributed by atoms with Gasteiger partial charge in [-0.25, -0.2) is 4.79 Å². The summed E-state index contributed by atoms with van der Waals surface area (Å²) in [4.78, 5) is 15.3. The molecule has 0 saturated heterocycles. The quantitative estimate of drug-likeness (QED) is 0.772. The zero-order valence-corrected chi connectivity index (χ0v) is 9.45.